The zero-order chi connectivity index (χ0) is 13.7. The predicted molar refractivity (Wildman–Crippen MR) is 74.3 cm³/mol. The van der Waals surface area contributed by atoms with Gasteiger partial charge in [0.15, 0.2) is 0 Å². The Morgan fingerprint density at radius 3 is 2.74 bits per heavy atom. The van der Waals surface area contributed by atoms with Gasteiger partial charge in [0.25, 0.3) is 0 Å². The highest BCUT2D eigenvalue weighted by atomic mass is 35.5. The third-order valence-electron chi connectivity index (χ3n) is 3.37. The number of rotatable bonds is 4. The summed E-state index contributed by atoms with van der Waals surface area (Å²) in [6.07, 6.45) is 3.58. The quantitative estimate of drug-likeness (QED) is 0.678. The zero-order valence-electron chi connectivity index (χ0n) is 10.9. The van der Waals surface area contributed by atoms with E-state index in [1.54, 1.807) is 13.2 Å². The van der Waals surface area contributed by atoms with E-state index in [-0.39, 0.29) is 6.10 Å². The molecule has 0 unspecified atom stereocenters. The first kappa shape index (κ1) is 14.2. The lowest BCUT2D eigenvalue weighted by Gasteiger charge is -2.23. The molecule has 104 valence electrons. The van der Waals surface area contributed by atoms with Crippen LogP contribution in [0, 0.1) is 0 Å². The lowest BCUT2D eigenvalue weighted by Crippen LogP contribution is -2.21. The SMILES string of the molecule is COc1ccc(Cl)cc1COC1CCC(=NO)CC1. The van der Waals surface area contributed by atoms with Gasteiger partial charge in [-0.1, -0.05) is 16.8 Å². The molecule has 5 heteroatoms. The minimum absolute atomic E-state index is 0.203. The fourth-order valence-corrected chi connectivity index (χ4v) is 2.45. The molecule has 1 aromatic rings. The highest BCUT2D eigenvalue weighted by Crippen LogP contribution is 2.26. The second kappa shape index (κ2) is 6.78. The highest BCUT2D eigenvalue weighted by Gasteiger charge is 2.19. The van der Waals surface area contributed by atoms with Crippen LogP contribution in [0.1, 0.15) is 31.2 Å². The van der Waals surface area contributed by atoms with Gasteiger partial charge in [-0.3, -0.25) is 0 Å². The highest BCUT2D eigenvalue weighted by molar-refractivity contribution is 6.30. The van der Waals surface area contributed by atoms with Crippen molar-refractivity contribution < 1.29 is 14.7 Å². The molecule has 0 saturated heterocycles. The van der Waals surface area contributed by atoms with E-state index < -0.39 is 0 Å². The molecule has 0 aliphatic heterocycles. The predicted octanol–water partition coefficient (Wildman–Crippen LogP) is 3.64. The van der Waals surface area contributed by atoms with E-state index >= 15 is 0 Å². The number of methoxy groups -OCH3 is 1. The Bertz CT molecular complexity index is 452. The van der Waals surface area contributed by atoms with Gasteiger partial charge < -0.3 is 14.7 Å². The third kappa shape index (κ3) is 3.85. The monoisotopic (exact) mass is 283 g/mol. The number of halogens is 1. The fourth-order valence-electron chi connectivity index (χ4n) is 2.26. The molecular formula is C14H18ClNO3. The standard InChI is InChI=1S/C14H18ClNO3/c1-18-14-7-2-11(15)8-10(14)9-19-13-5-3-12(16-17)4-6-13/h2,7-8,13,17H,3-6,9H2,1H3. The Hall–Kier alpha value is -1.26. The molecule has 1 aliphatic carbocycles. The summed E-state index contributed by atoms with van der Waals surface area (Å²) in [6, 6.07) is 5.51. The average Bonchev–Trinajstić information content (AvgIpc) is 2.46. The molecule has 1 aliphatic rings. The van der Waals surface area contributed by atoms with Crippen LogP contribution in [-0.4, -0.2) is 24.1 Å². The number of hydrogen-bond donors (Lipinski definition) is 1. The van der Waals surface area contributed by atoms with Crippen LogP contribution in [0.4, 0.5) is 0 Å². The maximum atomic E-state index is 8.70. The van der Waals surface area contributed by atoms with Crippen LogP contribution >= 0.6 is 11.6 Å². The van der Waals surface area contributed by atoms with Gasteiger partial charge in [-0.2, -0.15) is 0 Å². The first-order valence-corrected chi connectivity index (χ1v) is 6.74. The zero-order valence-corrected chi connectivity index (χ0v) is 11.7. The topological polar surface area (TPSA) is 51.0 Å². The Morgan fingerprint density at radius 2 is 2.11 bits per heavy atom. The third-order valence-corrected chi connectivity index (χ3v) is 3.60. The normalized spacial score (nSPS) is 19.3. The Kier molecular flexibility index (Phi) is 5.05. The van der Waals surface area contributed by atoms with Crippen LogP contribution in [0.5, 0.6) is 5.75 Å². The van der Waals surface area contributed by atoms with E-state index in [2.05, 4.69) is 5.16 Å². The van der Waals surface area contributed by atoms with E-state index in [9.17, 15) is 0 Å². The molecule has 0 radical (unpaired) electrons. The molecule has 2 rings (SSSR count). The molecule has 0 aromatic heterocycles. The van der Waals surface area contributed by atoms with Crippen molar-refractivity contribution in [1.82, 2.24) is 0 Å². The Balaban J connectivity index is 1.90. The van der Waals surface area contributed by atoms with E-state index in [0.29, 0.717) is 11.6 Å². The van der Waals surface area contributed by atoms with Crippen molar-refractivity contribution in [2.75, 3.05) is 7.11 Å². The number of ether oxygens (including phenoxy) is 2. The smallest absolute Gasteiger partial charge is 0.124 e. The summed E-state index contributed by atoms with van der Waals surface area (Å²) in [7, 11) is 1.64. The summed E-state index contributed by atoms with van der Waals surface area (Å²) in [4.78, 5) is 0. The molecular weight excluding hydrogens is 266 g/mol. The second-order valence-corrected chi connectivity index (χ2v) is 5.07. The van der Waals surface area contributed by atoms with Crippen molar-refractivity contribution in [3.63, 3.8) is 0 Å². The van der Waals surface area contributed by atoms with E-state index in [1.807, 2.05) is 12.1 Å². The van der Waals surface area contributed by atoms with Crippen LogP contribution in [0.15, 0.2) is 23.4 Å². The number of oxime groups is 1. The van der Waals surface area contributed by atoms with Gasteiger partial charge >= 0.3 is 0 Å². The van der Waals surface area contributed by atoms with E-state index in [4.69, 9.17) is 26.3 Å². The summed E-state index contributed by atoms with van der Waals surface area (Å²) in [5.74, 6) is 0.790. The minimum atomic E-state index is 0.203. The van der Waals surface area contributed by atoms with Crippen molar-refractivity contribution in [3.8, 4) is 5.75 Å². The molecule has 1 N–H and O–H groups in total. The van der Waals surface area contributed by atoms with Crippen molar-refractivity contribution in [1.29, 1.82) is 0 Å². The van der Waals surface area contributed by atoms with Crippen molar-refractivity contribution in [3.05, 3.63) is 28.8 Å². The first-order valence-electron chi connectivity index (χ1n) is 6.36. The van der Waals surface area contributed by atoms with E-state index in [0.717, 1.165) is 42.7 Å². The Labute approximate surface area is 118 Å². The van der Waals surface area contributed by atoms with Crippen molar-refractivity contribution in [2.45, 2.75) is 38.4 Å². The summed E-state index contributed by atoms with van der Waals surface area (Å²) in [5.41, 5.74) is 1.82. The van der Waals surface area contributed by atoms with Crippen molar-refractivity contribution >= 4 is 17.3 Å². The maximum Gasteiger partial charge on any atom is 0.124 e. The largest absolute Gasteiger partial charge is 0.496 e. The fraction of sp³-hybridized carbons (Fsp3) is 0.500. The molecule has 4 nitrogen and oxygen atoms in total. The average molecular weight is 284 g/mol. The molecule has 0 spiro atoms. The van der Waals surface area contributed by atoms with Crippen LogP contribution in [0.25, 0.3) is 0 Å². The first-order chi connectivity index (χ1) is 9.22. The summed E-state index contributed by atoms with van der Waals surface area (Å²) in [6.45, 7) is 0.486. The molecule has 1 saturated carbocycles. The number of hydrogen-bond acceptors (Lipinski definition) is 4. The van der Waals surface area contributed by atoms with Crippen LogP contribution in [0.2, 0.25) is 5.02 Å². The van der Waals surface area contributed by atoms with Gasteiger partial charge in [-0.15, -0.1) is 0 Å². The van der Waals surface area contributed by atoms with Gasteiger partial charge in [0.2, 0.25) is 0 Å². The second-order valence-electron chi connectivity index (χ2n) is 4.63. The molecule has 1 fully saturated rings. The van der Waals surface area contributed by atoms with Gasteiger partial charge in [0.05, 0.1) is 25.5 Å². The van der Waals surface area contributed by atoms with Crippen LogP contribution in [-0.2, 0) is 11.3 Å². The summed E-state index contributed by atoms with van der Waals surface area (Å²) in [5, 5.41) is 12.6. The Morgan fingerprint density at radius 1 is 1.37 bits per heavy atom. The molecule has 0 amide bonds. The van der Waals surface area contributed by atoms with Crippen molar-refractivity contribution in [2.24, 2.45) is 5.16 Å². The molecule has 1 aromatic carbocycles. The molecule has 19 heavy (non-hydrogen) atoms. The minimum Gasteiger partial charge on any atom is -0.496 e. The van der Waals surface area contributed by atoms with Gasteiger partial charge in [0.1, 0.15) is 5.75 Å². The summed E-state index contributed by atoms with van der Waals surface area (Å²) < 4.78 is 11.2. The number of benzene rings is 1. The molecule has 0 atom stereocenters. The number of nitrogens with zero attached hydrogens (tertiary/aromatic N) is 1. The van der Waals surface area contributed by atoms with Crippen LogP contribution in [0.3, 0.4) is 0 Å². The van der Waals surface area contributed by atoms with Crippen LogP contribution < -0.4 is 4.74 Å². The lowest BCUT2D eigenvalue weighted by atomic mass is 9.96. The molecule has 0 heterocycles. The van der Waals surface area contributed by atoms with Gasteiger partial charge in [0, 0.05) is 10.6 Å². The molecule has 0 bridgehead atoms. The summed E-state index contributed by atoms with van der Waals surface area (Å²) >= 11 is 5.98. The van der Waals surface area contributed by atoms with Gasteiger partial charge in [-0.25, -0.2) is 0 Å². The van der Waals surface area contributed by atoms with E-state index in [1.165, 1.54) is 0 Å². The van der Waals surface area contributed by atoms with Gasteiger partial charge in [-0.05, 0) is 43.9 Å². The maximum absolute atomic E-state index is 8.70. The lowest BCUT2D eigenvalue weighted by molar-refractivity contribution is 0.0268.